The first-order valence-electron chi connectivity index (χ1n) is 9.23. The van der Waals surface area contributed by atoms with Crippen LogP contribution in [-0.4, -0.2) is 18.9 Å². The third kappa shape index (κ3) is 3.35. The number of carbonyl (C=O) groups excluding carboxylic acids is 2. The molecule has 4 rings (SSSR count). The van der Waals surface area contributed by atoms with Gasteiger partial charge in [0, 0.05) is 17.5 Å². The largest absolute Gasteiger partial charge is 0.355 e. The summed E-state index contributed by atoms with van der Waals surface area (Å²) in [4.78, 5) is 26.6. The normalized spacial score (nSPS) is 16.0. The molecular weight excluding hydrogens is 356 g/mol. The van der Waals surface area contributed by atoms with Gasteiger partial charge >= 0.3 is 0 Å². The lowest BCUT2D eigenvalue weighted by Crippen LogP contribution is -2.22. The molecule has 2 amide bonds. The standard InChI is InChI=1S/C22H22N2O2S/c1-13-7-10-17-18(11-13)27-22(19(17)21(26)23-2)24-20(25)16-9-8-14-5-3-4-6-15(14)12-16/h3-6,8-9,12-13H,7,10-11H2,1-2H3,(H,23,26)(H,24,25)/t13-/m0/s1. The van der Waals surface area contributed by atoms with Crippen molar-refractivity contribution >= 4 is 38.9 Å². The van der Waals surface area contributed by atoms with Crippen LogP contribution in [0.3, 0.4) is 0 Å². The average molecular weight is 378 g/mol. The zero-order chi connectivity index (χ0) is 19.0. The molecule has 27 heavy (non-hydrogen) atoms. The van der Waals surface area contributed by atoms with Crippen LogP contribution >= 0.6 is 11.3 Å². The highest BCUT2D eigenvalue weighted by molar-refractivity contribution is 7.17. The molecule has 1 aliphatic rings. The van der Waals surface area contributed by atoms with Crippen molar-refractivity contribution in [2.24, 2.45) is 5.92 Å². The predicted octanol–water partition coefficient (Wildman–Crippen LogP) is 4.64. The monoisotopic (exact) mass is 378 g/mol. The van der Waals surface area contributed by atoms with Crippen LogP contribution in [0.25, 0.3) is 10.8 Å². The van der Waals surface area contributed by atoms with Crippen LogP contribution in [0.15, 0.2) is 42.5 Å². The summed E-state index contributed by atoms with van der Waals surface area (Å²) in [5.41, 5.74) is 2.33. The van der Waals surface area contributed by atoms with Gasteiger partial charge in [-0.2, -0.15) is 0 Å². The second kappa shape index (κ2) is 7.16. The van der Waals surface area contributed by atoms with E-state index in [1.807, 2.05) is 42.5 Å². The Morgan fingerprint density at radius 3 is 2.63 bits per heavy atom. The van der Waals surface area contributed by atoms with Crippen LogP contribution in [0.5, 0.6) is 0 Å². The van der Waals surface area contributed by atoms with E-state index in [0.717, 1.165) is 35.6 Å². The van der Waals surface area contributed by atoms with Crippen molar-refractivity contribution in [1.82, 2.24) is 5.32 Å². The number of hydrogen-bond acceptors (Lipinski definition) is 3. The lowest BCUT2D eigenvalue weighted by molar-refractivity contribution is 0.0963. The van der Waals surface area contributed by atoms with E-state index in [1.165, 1.54) is 4.88 Å². The van der Waals surface area contributed by atoms with Crippen molar-refractivity contribution < 1.29 is 9.59 Å². The maximum atomic E-state index is 12.9. The second-order valence-electron chi connectivity index (χ2n) is 7.15. The molecule has 0 fully saturated rings. The molecule has 1 atom stereocenters. The Morgan fingerprint density at radius 2 is 1.85 bits per heavy atom. The van der Waals surface area contributed by atoms with Crippen molar-refractivity contribution in [1.29, 1.82) is 0 Å². The molecule has 0 unspecified atom stereocenters. The Labute approximate surface area is 162 Å². The molecule has 0 radical (unpaired) electrons. The maximum Gasteiger partial charge on any atom is 0.256 e. The van der Waals surface area contributed by atoms with Crippen molar-refractivity contribution in [3.05, 3.63) is 64.0 Å². The fourth-order valence-electron chi connectivity index (χ4n) is 3.71. The molecule has 1 heterocycles. The fraction of sp³-hybridized carbons (Fsp3) is 0.273. The van der Waals surface area contributed by atoms with E-state index in [1.54, 1.807) is 18.4 Å². The van der Waals surface area contributed by atoms with Gasteiger partial charge in [0.05, 0.1) is 5.56 Å². The Bertz CT molecular complexity index is 1040. The molecule has 2 N–H and O–H groups in total. The summed E-state index contributed by atoms with van der Waals surface area (Å²) in [5, 5.41) is 8.50. The van der Waals surface area contributed by atoms with Crippen LogP contribution in [0, 0.1) is 5.92 Å². The third-order valence-electron chi connectivity index (χ3n) is 5.20. The molecule has 1 aromatic heterocycles. The van der Waals surface area contributed by atoms with Crippen LogP contribution < -0.4 is 10.6 Å². The van der Waals surface area contributed by atoms with Crippen molar-refractivity contribution in [2.45, 2.75) is 26.2 Å². The van der Waals surface area contributed by atoms with Crippen LogP contribution in [0.1, 0.15) is 44.5 Å². The minimum Gasteiger partial charge on any atom is -0.355 e. The van der Waals surface area contributed by atoms with Crippen LogP contribution in [0.4, 0.5) is 5.00 Å². The van der Waals surface area contributed by atoms with Gasteiger partial charge in [0.25, 0.3) is 11.8 Å². The average Bonchev–Trinajstić information content (AvgIpc) is 3.03. The first-order chi connectivity index (χ1) is 13.1. The van der Waals surface area contributed by atoms with E-state index in [2.05, 4.69) is 17.6 Å². The first-order valence-corrected chi connectivity index (χ1v) is 10.0. The molecule has 0 bridgehead atoms. The van der Waals surface area contributed by atoms with Gasteiger partial charge in [-0.3, -0.25) is 9.59 Å². The number of amides is 2. The number of hydrogen-bond donors (Lipinski definition) is 2. The van der Waals surface area contributed by atoms with Crippen molar-refractivity contribution in [3.63, 3.8) is 0 Å². The van der Waals surface area contributed by atoms with Gasteiger partial charge in [-0.1, -0.05) is 37.3 Å². The molecule has 0 saturated carbocycles. The Hall–Kier alpha value is -2.66. The Balaban J connectivity index is 1.68. The van der Waals surface area contributed by atoms with Gasteiger partial charge < -0.3 is 10.6 Å². The zero-order valence-corrected chi connectivity index (χ0v) is 16.3. The molecule has 2 aromatic carbocycles. The van der Waals surface area contributed by atoms with E-state index < -0.39 is 0 Å². The summed E-state index contributed by atoms with van der Waals surface area (Å²) in [7, 11) is 1.63. The topological polar surface area (TPSA) is 58.2 Å². The number of fused-ring (bicyclic) bond motifs is 2. The van der Waals surface area contributed by atoms with Crippen LogP contribution in [0.2, 0.25) is 0 Å². The quantitative estimate of drug-likeness (QED) is 0.698. The molecule has 4 nitrogen and oxygen atoms in total. The Kier molecular flexibility index (Phi) is 4.70. The summed E-state index contributed by atoms with van der Waals surface area (Å²) in [6.45, 7) is 2.23. The van der Waals surface area contributed by atoms with E-state index in [4.69, 9.17) is 0 Å². The van der Waals surface area contributed by atoms with Gasteiger partial charge in [-0.05, 0) is 53.6 Å². The van der Waals surface area contributed by atoms with E-state index >= 15 is 0 Å². The summed E-state index contributed by atoms with van der Waals surface area (Å²) in [6.07, 6.45) is 2.93. The highest BCUT2D eigenvalue weighted by Gasteiger charge is 2.28. The number of carbonyl (C=O) groups is 2. The summed E-state index contributed by atoms with van der Waals surface area (Å²) >= 11 is 1.54. The molecule has 0 aliphatic heterocycles. The molecule has 3 aromatic rings. The third-order valence-corrected chi connectivity index (χ3v) is 6.37. The first kappa shape index (κ1) is 17.7. The van der Waals surface area contributed by atoms with Gasteiger partial charge in [0.1, 0.15) is 5.00 Å². The second-order valence-corrected chi connectivity index (χ2v) is 8.26. The lowest BCUT2D eigenvalue weighted by Gasteiger charge is -2.18. The molecule has 138 valence electrons. The predicted molar refractivity (Wildman–Crippen MR) is 111 cm³/mol. The number of benzene rings is 2. The van der Waals surface area contributed by atoms with Gasteiger partial charge in [-0.25, -0.2) is 0 Å². The molecular formula is C22H22N2O2S. The number of nitrogens with one attached hydrogen (secondary N) is 2. The van der Waals surface area contributed by atoms with E-state index in [9.17, 15) is 9.59 Å². The molecule has 1 aliphatic carbocycles. The van der Waals surface area contributed by atoms with Gasteiger partial charge in [-0.15, -0.1) is 11.3 Å². The lowest BCUT2D eigenvalue weighted by atomic mass is 9.88. The zero-order valence-electron chi connectivity index (χ0n) is 15.5. The summed E-state index contributed by atoms with van der Waals surface area (Å²) in [5.74, 6) is 0.297. The highest BCUT2D eigenvalue weighted by Crippen LogP contribution is 2.39. The van der Waals surface area contributed by atoms with Crippen molar-refractivity contribution in [2.75, 3.05) is 12.4 Å². The number of thiophene rings is 1. The van der Waals surface area contributed by atoms with Crippen LogP contribution in [-0.2, 0) is 12.8 Å². The van der Waals surface area contributed by atoms with Gasteiger partial charge in [0.15, 0.2) is 0 Å². The highest BCUT2D eigenvalue weighted by atomic mass is 32.1. The minimum absolute atomic E-state index is 0.129. The number of rotatable bonds is 3. The van der Waals surface area contributed by atoms with E-state index in [0.29, 0.717) is 22.0 Å². The van der Waals surface area contributed by atoms with Crippen molar-refractivity contribution in [3.8, 4) is 0 Å². The van der Waals surface area contributed by atoms with Gasteiger partial charge in [0.2, 0.25) is 0 Å². The molecule has 5 heteroatoms. The van der Waals surface area contributed by atoms with E-state index in [-0.39, 0.29) is 11.8 Å². The SMILES string of the molecule is CNC(=O)c1c(NC(=O)c2ccc3ccccc3c2)sc2c1CC[C@H](C)C2. The molecule has 0 saturated heterocycles. The fourth-order valence-corrected chi connectivity index (χ4v) is 5.11. The number of anilines is 1. The summed E-state index contributed by atoms with van der Waals surface area (Å²) in [6, 6.07) is 13.6. The smallest absolute Gasteiger partial charge is 0.256 e. The Morgan fingerprint density at radius 1 is 1.07 bits per heavy atom. The molecule has 0 spiro atoms. The summed E-state index contributed by atoms with van der Waals surface area (Å²) < 4.78 is 0. The maximum absolute atomic E-state index is 12.9. The minimum atomic E-state index is -0.183.